The van der Waals surface area contributed by atoms with Crippen LogP contribution < -0.4 is 27.4 Å². The monoisotopic (exact) mass is 649 g/mol. The van der Waals surface area contributed by atoms with E-state index >= 15 is 0 Å². The lowest BCUT2D eigenvalue weighted by molar-refractivity contribution is -0.142. The highest BCUT2D eigenvalue weighted by molar-refractivity contribution is 7.98. The largest absolute Gasteiger partial charge is 0.480 e. The molecular weight excluding hydrogens is 610 g/mol. The number of carbonyl (C=O) groups excluding carboxylic acids is 4. The van der Waals surface area contributed by atoms with Gasteiger partial charge in [-0.05, 0) is 54.5 Å². The van der Waals surface area contributed by atoms with Crippen molar-refractivity contribution in [2.24, 2.45) is 11.5 Å². The van der Waals surface area contributed by atoms with E-state index in [2.05, 4.69) is 25.9 Å². The molecule has 0 aliphatic rings. The van der Waals surface area contributed by atoms with Gasteiger partial charge in [0.25, 0.3) is 0 Å². The van der Waals surface area contributed by atoms with Gasteiger partial charge in [0.1, 0.15) is 18.1 Å². The van der Waals surface area contributed by atoms with Crippen LogP contribution in [0.5, 0.6) is 0 Å². The Balaban J connectivity index is 1.54. The van der Waals surface area contributed by atoms with Crippen LogP contribution in [0.1, 0.15) is 30.4 Å². The number of hydrogen-bond donors (Lipinski definition) is 8. The fourth-order valence-corrected chi connectivity index (χ4v) is 5.70. The zero-order chi connectivity index (χ0) is 33.2. The lowest BCUT2D eigenvalue weighted by Crippen LogP contribution is -2.58. The first-order valence-electron chi connectivity index (χ1n) is 14.8. The first-order valence-corrected chi connectivity index (χ1v) is 16.2. The summed E-state index contributed by atoms with van der Waals surface area (Å²) in [7, 11) is 0. The molecule has 14 heteroatoms. The number of carbonyl (C=O) groups is 5. The van der Waals surface area contributed by atoms with Crippen molar-refractivity contribution in [1.82, 2.24) is 25.9 Å². The topological polar surface area (TPSA) is 225 Å². The normalized spacial score (nSPS) is 13.9. The molecule has 0 fully saturated rings. The number of amides is 4. The van der Waals surface area contributed by atoms with Crippen molar-refractivity contribution in [3.63, 3.8) is 0 Å². The third-order valence-corrected chi connectivity index (χ3v) is 8.37. The molecule has 10 N–H and O–H groups in total. The number of nitrogens with two attached hydrogens (primary N) is 2. The number of benzene rings is 2. The molecule has 4 aromatic rings. The average molecular weight is 650 g/mol. The fraction of sp³-hybridized carbons (Fsp3) is 0.344. The number of aromatic nitrogens is 2. The summed E-state index contributed by atoms with van der Waals surface area (Å²) < 4.78 is 0. The van der Waals surface area contributed by atoms with Gasteiger partial charge in [-0.15, -0.1) is 0 Å². The molecule has 0 spiro atoms. The molecule has 46 heavy (non-hydrogen) atoms. The number of carboxylic acids is 1. The highest BCUT2D eigenvalue weighted by Gasteiger charge is 2.31. The summed E-state index contributed by atoms with van der Waals surface area (Å²) in [5.41, 5.74) is 14.9. The van der Waals surface area contributed by atoms with Gasteiger partial charge in [0.2, 0.25) is 23.6 Å². The predicted octanol–water partition coefficient (Wildman–Crippen LogP) is 1.32. The van der Waals surface area contributed by atoms with Gasteiger partial charge in [-0.25, -0.2) is 4.79 Å². The third kappa shape index (κ3) is 8.88. The minimum absolute atomic E-state index is 0.0919. The Hall–Kier alpha value is -4.82. The van der Waals surface area contributed by atoms with Crippen molar-refractivity contribution >= 4 is 63.2 Å². The molecule has 0 aliphatic heterocycles. The second kappa shape index (κ2) is 16.0. The van der Waals surface area contributed by atoms with E-state index < -0.39 is 53.8 Å². The van der Waals surface area contributed by atoms with E-state index in [4.69, 9.17) is 11.5 Å². The van der Waals surface area contributed by atoms with Gasteiger partial charge < -0.3 is 42.5 Å². The zero-order valence-electron chi connectivity index (χ0n) is 25.4. The molecular formula is C32H39N7O6S. The molecule has 0 radical (unpaired) electrons. The van der Waals surface area contributed by atoms with Crippen LogP contribution in [0.4, 0.5) is 0 Å². The molecule has 2 aromatic heterocycles. The van der Waals surface area contributed by atoms with E-state index in [1.54, 1.807) is 12.4 Å². The number of carboxylic acid groups (broad SMARTS) is 1. The van der Waals surface area contributed by atoms with Crippen LogP contribution in [0.25, 0.3) is 21.8 Å². The number of aromatic amines is 2. The highest BCUT2D eigenvalue weighted by atomic mass is 32.2. The van der Waals surface area contributed by atoms with Crippen molar-refractivity contribution in [3.05, 3.63) is 72.1 Å². The Kier molecular flexibility index (Phi) is 11.8. The maximum Gasteiger partial charge on any atom is 0.326 e. The summed E-state index contributed by atoms with van der Waals surface area (Å²) in [6, 6.07) is 10.6. The maximum absolute atomic E-state index is 13.8. The van der Waals surface area contributed by atoms with Gasteiger partial charge in [0.15, 0.2) is 0 Å². The van der Waals surface area contributed by atoms with Crippen molar-refractivity contribution < 1.29 is 29.1 Å². The molecule has 2 heterocycles. The smallest absolute Gasteiger partial charge is 0.326 e. The fourth-order valence-electron chi connectivity index (χ4n) is 5.23. The minimum atomic E-state index is -1.38. The molecule has 13 nitrogen and oxygen atoms in total. The van der Waals surface area contributed by atoms with Crippen molar-refractivity contribution in [1.29, 1.82) is 0 Å². The molecule has 2 aromatic carbocycles. The first-order chi connectivity index (χ1) is 22.1. The number of rotatable bonds is 17. The van der Waals surface area contributed by atoms with Crippen LogP contribution >= 0.6 is 11.8 Å². The number of H-pyrrole nitrogens is 2. The lowest BCUT2D eigenvalue weighted by atomic mass is 10.0. The summed E-state index contributed by atoms with van der Waals surface area (Å²) >= 11 is 1.44. The van der Waals surface area contributed by atoms with Gasteiger partial charge in [-0.1, -0.05) is 36.4 Å². The minimum Gasteiger partial charge on any atom is -0.480 e. The quantitative estimate of drug-likeness (QED) is 0.0830. The van der Waals surface area contributed by atoms with E-state index in [1.165, 1.54) is 11.8 Å². The number of thioether (sulfide) groups is 1. The van der Waals surface area contributed by atoms with E-state index in [-0.39, 0.29) is 32.1 Å². The summed E-state index contributed by atoms with van der Waals surface area (Å²) in [6.07, 6.45) is 5.46. The molecule has 0 saturated heterocycles. The second-order valence-electron chi connectivity index (χ2n) is 11.0. The summed E-state index contributed by atoms with van der Waals surface area (Å²) in [5, 5.41) is 19.3. The summed E-state index contributed by atoms with van der Waals surface area (Å²) in [6.45, 7) is 0. The van der Waals surface area contributed by atoms with Crippen molar-refractivity contribution in [2.75, 3.05) is 12.0 Å². The van der Waals surface area contributed by atoms with Gasteiger partial charge in [0.05, 0.1) is 6.04 Å². The maximum atomic E-state index is 13.8. The number of primary amides is 1. The van der Waals surface area contributed by atoms with E-state index in [9.17, 15) is 29.1 Å². The molecule has 0 aliphatic carbocycles. The molecule has 4 atom stereocenters. The van der Waals surface area contributed by atoms with Crippen LogP contribution in [-0.2, 0) is 36.8 Å². The highest BCUT2D eigenvalue weighted by Crippen LogP contribution is 2.21. The SMILES string of the molecule is CSCCC(NC(=O)C(Cc1c[nH]c2ccccc12)NC(=O)C(N)Cc1c[nH]c2ccccc12)C(=O)NC(CCC(N)=O)C(=O)O. The molecule has 4 unspecified atom stereocenters. The van der Waals surface area contributed by atoms with Crippen LogP contribution in [0.2, 0.25) is 0 Å². The summed E-state index contributed by atoms with van der Waals surface area (Å²) in [4.78, 5) is 69.8. The summed E-state index contributed by atoms with van der Waals surface area (Å²) in [5.74, 6) is -3.47. The lowest BCUT2D eigenvalue weighted by Gasteiger charge is -2.25. The van der Waals surface area contributed by atoms with Crippen LogP contribution in [0.3, 0.4) is 0 Å². The third-order valence-electron chi connectivity index (χ3n) is 7.72. The standard InChI is InChI=1S/C32H39N7O6S/c1-46-13-12-25(30(42)38-26(32(44)45)10-11-28(34)40)37-31(43)27(15-19-17-36-24-9-5-3-7-21(19)24)39-29(41)22(33)14-18-16-35-23-8-4-2-6-20(18)23/h2-9,16-17,22,25-27,35-36H,10-15,33H2,1H3,(H2,34,40)(H,37,43)(H,38,42)(H,39,41)(H,44,45). The van der Waals surface area contributed by atoms with Crippen LogP contribution in [0, 0.1) is 0 Å². The van der Waals surface area contributed by atoms with E-state index in [0.717, 1.165) is 32.9 Å². The number of nitrogens with one attached hydrogen (secondary N) is 5. The number of aliphatic carboxylic acids is 1. The van der Waals surface area contributed by atoms with E-state index in [0.29, 0.717) is 5.75 Å². The van der Waals surface area contributed by atoms with Gasteiger partial charge in [0, 0.05) is 47.0 Å². The second-order valence-corrected chi connectivity index (χ2v) is 12.0. The molecule has 244 valence electrons. The zero-order valence-corrected chi connectivity index (χ0v) is 26.2. The predicted molar refractivity (Wildman–Crippen MR) is 177 cm³/mol. The average Bonchev–Trinajstić information content (AvgIpc) is 3.64. The molecule has 0 bridgehead atoms. The number of hydrogen-bond acceptors (Lipinski definition) is 7. The Labute approximate surface area is 269 Å². The Morgan fingerprint density at radius 3 is 1.85 bits per heavy atom. The number of para-hydroxylation sites is 2. The van der Waals surface area contributed by atoms with Gasteiger partial charge >= 0.3 is 5.97 Å². The van der Waals surface area contributed by atoms with Crippen LogP contribution in [-0.4, -0.2) is 80.8 Å². The Morgan fingerprint density at radius 1 is 0.761 bits per heavy atom. The van der Waals surface area contributed by atoms with Crippen LogP contribution in [0.15, 0.2) is 60.9 Å². The Morgan fingerprint density at radius 2 is 1.28 bits per heavy atom. The van der Waals surface area contributed by atoms with Gasteiger partial charge in [-0.2, -0.15) is 11.8 Å². The first kappa shape index (κ1) is 34.1. The van der Waals surface area contributed by atoms with Gasteiger partial charge in [-0.3, -0.25) is 19.2 Å². The Bertz CT molecular complexity index is 1700. The molecule has 0 saturated carbocycles. The number of fused-ring (bicyclic) bond motifs is 2. The van der Waals surface area contributed by atoms with E-state index in [1.807, 2.05) is 54.8 Å². The van der Waals surface area contributed by atoms with Crippen molar-refractivity contribution in [3.8, 4) is 0 Å². The molecule has 4 rings (SSSR count). The van der Waals surface area contributed by atoms with Crippen molar-refractivity contribution in [2.45, 2.75) is 56.3 Å². The molecule has 4 amide bonds.